The highest BCUT2D eigenvalue weighted by molar-refractivity contribution is 5.34. The maximum atomic E-state index is 13.7. The highest BCUT2D eigenvalue weighted by atomic mass is 19.1. The predicted molar refractivity (Wildman–Crippen MR) is 59.2 cm³/mol. The molecular formula is C13H19F. The lowest BCUT2D eigenvalue weighted by Gasteiger charge is -2.12. The monoisotopic (exact) mass is 194 g/mol. The molecule has 0 heterocycles. The van der Waals surface area contributed by atoms with Gasteiger partial charge in [-0.25, -0.2) is 4.39 Å². The first-order valence-electron chi connectivity index (χ1n) is 5.35. The Bertz CT molecular complexity index is 290. The maximum absolute atomic E-state index is 13.7. The molecule has 1 aromatic carbocycles. The minimum atomic E-state index is -0.0385. The summed E-state index contributed by atoms with van der Waals surface area (Å²) in [5, 5.41) is 0. The molecule has 0 atom stereocenters. The van der Waals surface area contributed by atoms with Crippen molar-refractivity contribution in [3.05, 3.63) is 34.6 Å². The number of halogens is 1. The Morgan fingerprint density at radius 1 is 1.29 bits per heavy atom. The topological polar surface area (TPSA) is 0 Å². The van der Waals surface area contributed by atoms with Gasteiger partial charge in [-0.15, -0.1) is 0 Å². The molecule has 14 heavy (non-hydrogen) atoms. The van der Waals surface area contributed by atoms with Crippen LogP contribution in [0, 0.1) is 12.7 Å². The smallest absolute Gasteiger partial charge is 0.127 e. The summed E-state index contributed by atoms with van der Waals surface area (Å²) in [6.45, 7) is 8.18. The van der Waals surface area contributed by atoms with Crippen LogP contribution in [0.5, 0.6) is 0 Å². The minimum Gasteiger partial charge on any atom is -0.207 e. The summed E-state index contributed by atoms with van der Waals surface area (Å²) >= 11 is 0. The van der Waals surface area contributed by atoms with Crippen molar-refractivity contribution in [2.75, 3.05) is 0 Å². The Hall–Kier alpha value is -0.850. The number of aryl methyl sites for hydroxylation is 2. The highest BCUT2D eigenvalue weighted by Gasteiger charge is 2.10. The SMILES string of the molecule is CCCc1cc(C)c(C(C)C)c(F)c1. The van der Waals surface area contributed by atoms with Crippen molar-refractivity contribution in [1.29, 1.82) is 0 Å². The predicted octanol–water partition coefficient (Wildman–Crippen LogP) is 4.21. The molecule has 0 aliphatic heterocycles. The molecule has 0 nitrogen and oxygen atoms in total. The molecule has 0 aliphatic carbocycles. The van der Waals surface area contributed by atoms with E-state index < -0.39 is 0 Å². The van der Waals surface area contributed by atoms with Crippen molar-refractivity contribution in [2.45, 2.75) is 46.5 Å². The summed E-state index contributed by atoms with van der Waals surface area (Å²) in [6.07, 6.45) is 2.04. The van der Waals surface area contributed by atoms with Crippen LogP contribution in [0.2, 0.25) is 0 Å². The van der Waals surface area contributed by atoms with Gasteiger partial charge in [0.1, 0.15) is 5.82 Å². The summed E-state index contributed by atoms with van der Waals surface area (Å²) in [5.74, 6) is 0.231. The van der Waals surface area contributed by atoms with Crippen LogP contribution >= 0.6 is 0 Å². The fourth-order valence-corrected chi connectivity index (χ4v) is 1.99. The van der Waals surface area contributed by atoms with Gasteiger partial charge in [0.15, 0.2) is 0 Å². The van der Waals surface area contributed by atoms with Gasteiger partial charge in [0, 0.05) is 0 Å². The van der Waals surface area contributed by atoms with E-state index in [-0.39, 0.29) is 11.7 Å². The molecule has 0 radical (unpaired) electrons. The van der Waals surface area contributed by atoms with Gasteiger partial charge in [-0.2, -0.15) is 0 Å². The first kappa shape index (κ1) is 11.2. The summed E-state index contributed by atoms with van der Waals surface area (Å²) < 4.78 is 13.7. The first-order chi connectivity index (χ1) is 6.56. The van der Waals surface area contributed by atoms with Gasteiger partial charge >= 0.3 is 0 Å². The molecule has 0 aliphatic rings. The van der Waals surface area contributed by atoms with E-state index in [0.717, 1.165) is 29.5 Å². The van der Waals surface area contributed by atoms with Gasteiger partial charge in [-0.1, -0.05) is 33.3 Å². The van der Waals surface area contributed by atoms with Crippen molar-refractivity contribution in [1.82, 2.24) is 0 Å². The molecule has 0 saturated carbocycles. The second-order valence-corrected chi connectivity index (χ2v) is 4.21. The Kier molecular flexibility index (Phi) is 3.68. The summed E-state index contributed by atoms with van der Waals surface area (Å²) in [7, 11) is 0. The van der Waals surface area contributed by atoms with E-state index in [1.54, 1.807) is 6.07 Å². The molecule has 1 aromatic rings. The third kappa shape index (κ3) is 2.34. The van der Waals surface area contributed by atoms with Crippen LogP contribution in [0.15, 0.2) is 12.1 Å². The molecule has 0 bridgehead atoms. The standard InChI is InChI=1S/C13H19F/c1-5-6-11-7-10(4)13(9(2)3)12(14)8-11/h7-9H,5-6H2,1-4H3. The number of hydrogen-bond donors (Lipinski definition) is 0. The normalized spacial score (nSPS) is 11.0. The number of benzene rings is 1. The minimum absolute atomic E-state index is 0.0385. The summed E-state index contributed by atoms with van der Waals surface area (Å²) in [5.41, 5.74) is 3.07. The van der Waals surface area contributed by atoms with E-state index in [9.17, 15) is 4.39 Å². The molecule has 0 amide bonds. The molecule has 0 aromatic heterocycles. The van der Waals surface area contributed by atoms with Gasteiger partial charge in [0.25, 0.3) is 0 Å². The molecule has 0 spiro atoms. The van der Waals surface area contributed by atoms with E-state index in [4.69, 9.17) is 0 Å². The largest absolute Gasteiger partial charge is 0.207 e. The van der Waals surface area contributed by atoms with Crippen molar-refractivity contribution in [3.8, 4) is 0 Å². The van der Waals surface area contributed by atoms with E-state index in [2.05, 4.69) is 13.0 Å². The zero-order chi connectivity index (χ0) is 10.7. The van der Waals surface area contributed by atoms with Crippen LogP contribution in [0.25, 0.3) is 0 Å². The maximum Gasteiger partial charge on any atom is 0.127 e. The Morgan fingerprint density at radius 2 is 1.93 bits per heavy atom. The molecule has 0 fully saturated rings. The first-order valence-corrected chi connectivity index (χ1v) is 5.35. The fourth-order valence-electron chi connectivity index (χ4n) is 1.99. The van der Waals surface area contributed by atoms with Gasteiger partial charge in [-0.3, -0.25) is 0 Å². The van der Waals surface area contributed by atoms with Crippen LogP contribution in [-0.2, 0) is 6.42 Å². The lowest BCUT2D eigenvalue weighted by Crippen LogP contribution is -1.99. The van der Waals surface area contributed by atoms with Crippen molar-refractivity contribution >= 4 is 0 Å². The average Bonchev–Trinajstić information content (AvgIpc) is 2.01. The fraction of sp³-hybridized carbons (Fsp3) is 0.538. The number of hydrogen-bond acceptors (Lipinski definition) is 0. The lowest BCUT2D eigenvalue weighted by molar-refractivity contribution is 0.593. The highest BCUT2D eigenvalue weighted by Crippen LogP contribution is 2.24. The van der Waals surface area contributed by atoms with Gasteiger partial charge < -0.3 is 0 Å². The second-order valence-electron chi connectivity index (χ2n) is 4.21. The van der Waals surface area contributed by atoms with Crippen molar-refractivity contribution < 1.29 is 4.39 Å². The Balaban J connectivity index is 3.11. The van der Waals surface area contributed by atoms with Crippen LogP contribution < -0.4 is 0 Å². The third-order valence-electron chi connectivity index (χ3n) is 2.51. The van der Waals surface area contributed by atoms with E-state index in [1.807, 2.05) is 20.8 Å². The van der Waals surface area contributed by atoms with Gasteiger partial charge in [0.2, 0.25) is 0 Å². The van der Waals surface area contributed by atoms with Crippen molar-refractivity contribution in [2.24, 2.45) is 0 Å². The second kappa shape index (κ2) is 4.59. The van der Waals surface area contributed by atoms with Crippen LogP contribution in [-0.4, -0.2) is 0 Å². The molecule has 78 valence electrons. The summed E-state index contributed by atoms with van der Waals surface area (Å²) in [4.78, 5) is 0. The van der Waals surface area contributed by atoms with Gasteiger partial charge in [-0.05, 0) is 42.0 Å². The molecule has 1 heteroatoms. The zero-order valence-electron chi connectivity index (χ0n) is 9.52. The van der Waals surface area contributed by atoms with E-state index >= 15 is 0 Å². The van der Waals surface area contributed by atoms with Gasteiger partial charge in [0.05, 0.1) is 0 Å². The average molecular weight is 194 g/mol. The molecule has 1 rings (SSSR count). The van der Waals surface area contributed by atoms with Crippen molar-refractivity contribution in [3.63, 3.8) is 0 Å². The lowest BCUT2D eigenvalue weighted by atomic mass is 9.94. The Labute approximate surface area is 86.2 Å². The summed E-state index contributed by atoms with van der Waals surface area (Å²) in [6, 6.07) is 3.80. The molecular weight excluding hydrogens is 175 g/mol. The molecule has 0 saturated heterocycles. The van der Waals surface area contributed by atoms with E-state index in [0.29, 0.717) is 0 Å². The van der Waals surface area contributed by atoms with Crippen LogP contribution in [0.1, 0.15) is 49.8 Å². The van der Waals surface area contributed by atoms with Crippen LogP contribution in [0.3, 0.4) is 0 Å². The number of rotatable bonds is 3. The zero-order valence-corrected chi connectivity index (χ0v) is 9.52. The molecule has 0 unspecified atom stereocenters. The molecule has 0 N–H and O–H groups in total. The van der Waals surface area contributed by atoms with E-state index in [1.165, 1.54) is 0 Å². The van der Waals surface area contributed by atoms with Crippen LogP contribution in [0.4, 0.5) is 4.39 Å². The quantitative estimate of drug-likeness (QED) is 0.676. The Morgan fingerprint density at radius 3 is 2.36 bits per heavy atom. The third-order valence-corrected chi connectivity index (χ3v) is 2.51.